The van der Waals surface area contributed by atoms with Crippen LogP contribution in [0.2, 0.25) is 0 Å². The van der Waals surface area contributed by atoms with E-state index < -0.39 is 0 Å². The van der Waals surface area contributed by atoms with Crippen molar-refractivity contribution in [2.75, 3.05) is 23.7 Å². The van der Waals surface area contributed by atoms with E-state index in [1.54, 1.807) is 0 Å². The van der Waals surface area contributed by atoms with Crippen LogP contribution in [0, 0.1) is 11.3 Å². The fraction of sp³-hybridized carbons (Fsp3) is 0.556. The Hall–Kier alpha value is -1.32. The molecular weight excluding hydrogens is 212 g/mol. The molecule has 0 saturated carbocycles. The molecule has 3 N–H and O–H groups in total. The Bertz CT molecular complexity index is 389. The minimum Gasteiger partial charge on any atom is -0.393 e. The van der Waals surface area contributed by atoms with Gasteiger partial charge in [0.25, 0.3) is 0 Å². The summed E-state index contributed by atoms with van der Waals surface area (Å²) in [6, 6.07) is 2.07. The quantitative estimate of drug-likeness (QED) is 0.727. The topological polar surface area (TPSA) is 86.2 Å². The lowest BCUT2D eigenvalue weighted by Gasteiger charge is -2.29. The van der Waals surface area contributed by atoms with Crippen LogP contribution in [0.3, 0.4) is 0 Å². The first kappa shape index (κ1) is 10.2. The summed E-state index contributed by atoms with van der Waals surface area (Å²) in [5.74, 6) is 0.309. The van der Waals surface area contributed by atoms with Gasteiger partial charge in [-0.25, -0.2) is 0 Å². The summed E-state index contributed by atoms with van der Waals surface area (Å²) in [6.45, 7) is 1.52. The van der Waals surface area contributed by atoms with Crippen molar-refractivity contribution in [3.63, 3.8) is 0 Å². The van der Waals surface area contributed by atoms with Gasteiger partial charge in [-0.05, 0) is 24.4 Å². The Labute approximate surface area is 91.9 Å². The van der Waals surface area contributed by atoms with Gasteiger partial charge in [0, 0.05) is 13.1 Å². The zero-order valence-electron chi connectivity index (χ0n) is 8.18. The standard InChI is InChI=1S/C9H12N4OS/c10-5-7-8(11)12-15-9(7)13-3-1-6(14)2-4-13/h6,14H,1-4H2,(H2,11,12). The Morgan fingerprint density at radius 3 is 2.80 bits per heavy atom. The minimum atomic E-state index is -0.211. The lowest BCUT2D eigenvalue weighted by Crippen LogP contribution is -2.35. The van der Waals surface area contributed by atoms with Crippen LogP contribution in [0.15, 0.2) is 0 Å². The molecule has 2 heterocycles. The van der Waals surface area contributed by atoms with Crippen LogP contribution in [0.4, 0.5) is 10.8 Å². The van der Waals surface area contributed by atoms with Gasteiger partial charge in [-0.2, -0.15) is 9.64 Å². The van der Waals surface area contributed by atoms with Crippen molar-refractivity contribution in [3.8, 4) is 6.07 Å². The van der Waals surface area contributed by atoms with E-state index in [0.717, 1.165) is 30.9 Å². The first-order valence-electron chi connectivity index (χ1n) is 4.80. The normalized spacial score (nSPS) is 17.7. The molecule has 80 valence electrons. The van der Waals surface area contributed by atoms with Crippen molar-refractivity contribution in [2.45, 2.75) is 18.9 Å². The Morgan fingerprint density at radius 1 is 1.53 bits per heavy atom. The summed E-state index contributed by atoms with van der Waals surface area (Å²) in [4.78, 5) is 2.07. The molecule has 1 fully saturated rings. The Morgan fingerprint density at radius 2 is 2.20 bits per heavy atom. The molecule has 2 rings (SSSR count). The van der Waals surface area contributed by atoms with Gasteiger partial charge in [0.05, 0.1) is 6.10 Å². The zero-order valence-corrected chi connectivity index (χ0v) is 9.00. The zero-order chi connectivity index (χ0) is 10.8. The van der Waals surface area contributed by atoms with E-state index in [1.807, 2.05) is 0 Å². The van der Waals surface area contributed by atoms with Crippen molar-refractivity contribution >= 4 is 22.4 Å². The van der Waals surface area contributed by atoms with Crippen LogP contribution in [-0.2, 0) is 0 Å². The number of nitrogens with zero attached hydrogens (tertiary/aromatic N) is 3. The molecule has 0 amide bonds. The average molecular weight is 224 g/mol. The van der Waals surface area contributed by atoms with Crippen LogP contribution < -0.4 is 10.6 Å². The number of aromatic nitrogens is 1. The maximum atomic E-state index is 9.38. The smallest absolute Gasteiger partial charge is 0.157 e. The predicted molar refractivity (Wildman–Crippen MR) is 58.7 cm³/mol. The summed E-state index contributed by atoms with van der Waals surface area (Å²) in [6.07, 6.45) is 1.27. The van der Waals surface area contributed by atoms with Crippen LogP contribution >= 0.6 is 11.5 Å². The molecule has 0 spiro atoms. The third kappa shape index (κ3) is 1.89. The molecule has 1 aliphatic rings. The molecule has 1 aromatic heterocycles. The van der Waals surface area contributed by atoms with E-state index in [0.29, 0.717) is 11.4 Å². The molecule has 1 saturated heterocycles. The van der Waals surface area contributed by atoms with Crippen molar-refractivity contribution < 1.29 is 5.11 Å². The van der Waals surface area contributed by atoms with Crippen LogP contribution in [0.1, 0.15) is 18.4 Å². The van der Waals surface area contributed by atoms with E-state index in [1.165, 1.54) is 11.5 Å². The third-order valence-corrected chi connectivity index (χ3v) is 3.49. The summed E-state index contributed by atoms with van der Waals surface area (Å²) in [7, 11) is 0. The number of rotatable bonds is 1. The summed E-state index contributed by atoms with van der Waals surface area (Å²) in [5, 5.41) is 19.1. The highest BCUT2D eigenvalue weighted by molar-refractivity contribution is 7.10. The number of piperidine rings is 1. The number of aliphatic hydroxyl groups is 1. The third-order valence-electron chi connectivity index (χ3n) is 2.56. The van der Waals surface area contributed by atoms with Crippen LogP contribution in [-0.4, -0.2) is 28.7 Å². The van der Waals surface area contributed by atoms with Gasteiger partial charge in [-0.15, -0.1) is 0 Å². The maximum absolute atomic E-state index is 9.38. The highest BCUT2D eigenvalue weighted by Crippen LogP contribution is 2.31. The summed E-state index contributed by atoms with van der Waals surface area (Å²) >= 11 is 1.26. The van der Waals surface area contributed by atoms with Crippen LogP contribution in [0.25, 0.3) is 0 Å². The van der Waals surface area contributed by atoms with Gasteiger partial charge in [-0.1, -0.05) is 0 Å². The van der Waals surface area contributed by atoms with E-state index in [9.17, 15) is 5.11 Å². The molecule has 0 aromatic carbocycles. The fourth-order valence-corrected chi connectivity index (χ4v) is 2.50. The Balaban J connectivity index is 2.20. The van der Waals surface area contributed by atoms with Gasteiger partial charge in [0.1, 0.15) is 16.6 Å². The van der Waals surface area contributed by atoms with Crippen molar-refractivity contribution in [1.29, 1.82) is 5.26 Å². The SMILES string of the molecule is N#Cc1c(N)nsc1N1CCC(O)CC1. The number of hydrogen-bond acceptors (Lipinski definition) is 6. The van der Waals surface area contributed by atoms with Gasteiger partial charge < -0.3 is 15.7 Å². The van der Waals surface area contributed by atoms with Crippen molar-refractivity contribution in [3.05, 3.63) is 5.56 Å². The molecule has 15 heavy (non-hydrogen) atoms. The fourth-order valence-electron chi connectivity index (χ4n) is 1.68. The average Bonchev–Trinajstić information content (AvgIpc) is 2.61. The van der Waals surface area contributed by atoms with Crippen LogP contribution in [0.5, 0.6) is 0 Å². The molecule has 1 aromatic rings. The summed E-state index contributed by atoms with van der Waals surface area (Å²) < 4.78 is 3.97. The maximum Gasteiger partial charge on any atom is 0.157 e. The number of aliphatic hydroxyl groups excluding tert-OH is 1. The first-order chi connectivity index (χ1) is 7.22. The number of nitrogen functional groups attached to an aromatic ring is 1. The highest BCUT2D eigenvalue weighted by Gasteiger charge is 2.22. The van der Waals surface area contributed by atoms with E-state index in [2.05, 4.69) is 15.3 Å². The molecule has 0 aliphatic carbocycles. The van der Waals surface area contributed by atoms with E-state index in [4.69, 9.17) is 11.0 Å². The van der Waals surface area contributed by atoms with Gasteiger partial charge in [0.2, 0.25) is 0 Å². The van der Waals surface area contributed by atoms with E-state index in [-0.39, 0.29) is 6.10 Å². The number of nitrogens with two attached hydrogens (primary N) is 1. The molecule has 0 bridgehead atoms. The molecule has 0 unspecified atom stereocenters. The first-order valence-corrected chi connectivity index (χ1v) is 5.58. The number of hydrogen-bond donors (Lipinski definition) is 2. The highest BCUT2D eigenvalue weighted by atomic mass is 32.1. The van der Waals surface area contributed by atoms with Crippen molar-refractivity contribution in [2.24, 2.45) is 0 Å². The second-order valence-electron chi connectivity index (χ2n) is 3.58. The molecule has 0 atom stereocenters. The number of nitriles is 1. The molecular formula is C9H12N4OS. The Kier molecular flexibility index (Phi) is 2.75. The predicted octanol–water partition coefficient (Wildman–Crippen LogP) is 0.558. The largest absolute Gasteiger partial charge is 0.393 e. The second-order valence-corrected chi connectivity index (χ2v) is 4.33. The molecule has 0 radical (unpaired) electrons. The molecule has 5 nitrogen and oxygen atoms in total. The second kappa shape index (κ2) is 4.04. The van der Waals surface area contributed by atoms with Gasteiger partial charge in [-0.3, -0.25) is 0 Å². The van der Waals surface area contributed by atoms with Gasteiger partial charge in [0.15, 0.2) is 5.82 Å². The lowest BCUT2D eigenvalue weighted by atomic mass is 10.1. The van der Waals surface area contributed by atoms with Gasteiger partial charge >= 0.3 is 0 Å². The lowest BCUT2D eigenvalue weighted by molar-refractivity contribution is 0.145. The number of anilines is 2. The summed E-state index contributed by atoms with van der Waals surface area (Å²) in [5.41, 5.74) is 6.06. The van der Waals surface area contributed by atoms with E-state index >= 15 is 0 Å². The molecule has 6 heteroatoms. The monoisotopic (exact) mass is 224 g/mol. The molecule has 1 aliphatic heterocycles. The minimum absolute atomic E-state index is 0.211. The van der Waals surface area contributed by atoms with Crippen molar-refractivity contribution in [1.82, 2.24) is 4.37 Å².